The Labute approximate surface area is 195 Å². The maximum absolute atomic E-state index is 13.3. The summed E-state index contributed by atoms with van der Waals surface area (Å²) in [5.41, 5.74) is 3.30. The van der Waals surface area contributed by atoms with Gasteiger partial charge in [0.25, 0.3) is 5.91 Å². The van der Waals surface area contributed by atoms with E-state index in [1.807, 2.05) is 42.5 Å². The number of benzene rings is 2. The fraction of sp³-hybridized carbons (Fsp3) is 0.444. The Balaban J connectivity index is 1.68. The minimum Gasteiger partial charge on any atom is -0.394 e. The number of hydrogen-bond donors (Lipinski definition) is 1. The molecule has 172 valence electrons. The highest BCUT2D eigenvalue weighted by Gasteiger charge is 2.53. The smallest absolute Gasteiger partial charge is 0.253 e. The second-order valence-corrected chi connectivity index (χ2v) is 9.30. The zero-order chi connectivity index (χ0) is 23.5. The van der Waals surface area contributed by atoms with Crippen molar-refractivity contribution in [1.29, 1.82) is 5.26 Å². The van der Waals surface area contributed by atoms with Crippen LogP contribution < -0.4 is 0 Å². The summed E-state index contributed by atoms with van der Waals surface area (Å²) in [7, 11) is 3.44. The maximum atomic E-state index is 13.3. The van der Waals surface area contributed by atoms with Crippen molar-refractivity contribution < 1.29 is 14.7 Å². The van der Waals surface area contributed by atoms with Crippen molar-refractivity contribution in [3.63, 3.8) is 0 Å². The highest BCUT2D eigenvalue weighted by molar-refractivity contribution is 5.95. The maximum Gasteiger partial charge on any atom is 0.253 e. The predicted octanol–water partition coefficient (Wildman–Crippen LogP) is 3.81. The summed E-state index contributed by atoms with van der Waals surface area (Å²) in [5.74, 6) is -0.400. The quantitative estimate of drug-likeness (QED) is 0.758. The number of rotatable bonds is 5. The number of nitrogens with zero attached hydrogens (tertiary/aromatic N) is 3. The average Bonchev–Trinajstić information content (AvgIpc) is 2.84. The topological polar surface area (TPSA) is 84.6 Å². The molecule has 3 atom stereocenters. The van der Waals surface area contributed by atoms with E-state index in [0.29, 0.717) is 5.56 Å². The molecule has 33 heavy (non-hydrogen) atoms. The molecular weight excluding hydrogens is 414 g/mol. The van der Waals surface area contributed by atoms with Gasteiger partial charge in [-0.15, -0.1) is 0 Å². The van der Waals surface area contributed by atoms with Crippen molar-refractivity contribution in [3.8, 4) is 17.2 Å². The van der Waals surface area contributed by atoms with E-state index in [2.05, 4.69) is 6.07 Å². The van der Waals surface area contributed by atoms with E-state index < -0.39 is 12.1 Å². The van der Waals surface area contributed by atoms with Crippen molar-refractivity contribution in [3.05, 3.63) is 59.7 Å². The van der Waals surface area contributed by atoms with Crippen molar-refractivity contribution in [2.24, 2.45) is 5.92 Å². The number of carbonyl (C=O) groups excluding carboxylic acids is 2. The monoisotopic (exact) mass is 445 g/mol. The molecule has 1 saturated carbocycles. The van der Waals surface area contributed by atoms with Gasteiger partial charge in [-0.3, -0.25) is 9.59 Å². The van der Waals surface area contributed by atoms with Gasteiger partial charge in [-0.2, -0.15) is 5.26 Å². The Hall–Kier alpha value is -3.17. The SMILES string of the molecule is CN(C)C(=O)c1cccc(-c2ccccc2[C@H]2[C@@H](C#N)N(C(=O)C3CCCCC3)[C@@H]2CO)c1. The molecule has 1 aliphatic carbocycles. The van der Waals surface area contributed by atoms with Crippen molar-refractivity contribution in [2.75, 3.05) is 20.7 Å². The third-order valence-corrected chi connectivity index (χ3v) is 7.09. The number of likely N-dealkylation sites (tertiary alicyclic amines) is 1. The van der Waals surface area contributed by atoms with Crippen molar-refractivity contribution >= 4 is 11.8 Å². The number of amides is 2. The van der Waals surface area contributed by atoms with Crippen LogP contribution in [-0.2, 0) is 4.79 Å². The third-order valence-electron chi connectivity index (χ3n) is 7.09. The van der Waals surface area contributed by atoms with E-state index in [0.717, 1.165) is 48.8 Å². The molecule has 0 radical (unpaired) electrons. The molecule has 0 unspecified atom stereocenters. The molecule has 1 saturated heterocycles. The molecule has 6 heteroatoms. The summed E-state index contributed by atoms with van der Waals surface area (Å²) in [6, 6.07) is 16.6. The van der Waals surface area contributed by atoms with Gasteiger partial charge in [-0.25, -0.2) is 0 Å². The van der Waals surface area contributed by atoms with Crippen molar-refractivity contribution in [2.45, 2.75) is 50.1 Å². The number of carbonyl (C=O) groups is 2. The second kappa shape index (κ2) is 9.76. The zero-order valence-corrected chi connectivity index (χ0v) is 19.3. The largest absolute Gasteiger partial charge is 0.394 e. The fourth-order valence-electron chi connectivity index (χ4n) is 5.37. The van der Waals surface area contributed by atoms with Gasteiger partial charge in [0.1, 0.15) is 6.04 Å². The molecule has 1 heterocycles. The molecule has 2 aromatic rings. The lowest BCUT2D eigenvalue weighted by atomic mass is 9.72. The van der Waals surface area contributed by atoms with Gasteiger partial charge in [0.05, 0.1) is 18.7 Å². The third kappa shape index (κ3) is 4.26. The molecule has 0 aromatic heterocycles. The number of nitriles is 1. The molecule has 2 aliphatic rings. The fourth-order valence-corrected chi connectivity index (χ4v) is 5.37. The van der Waals surface area contributed by atoms with Crippen LogP contribution in [0, 0.1) is 17.2 Å². The Kier molecular flexibility index (Phi) is 6.80. The van der Waals surface area contributed by atoms with Crippen LogP contribution in [0.1, 0.15) is 53.9 Å². The summed E-state index contributed by atoms with van der Waals surface area (Å²) in [6.45, 7) is -0.186. The van der Waals surface area contributed by atoms with Crippen LogP contribution in [-0.4, -0.2) is 59.5 Å². The minimum atomic E-state index is -0.607. The summed E-state index contributed by atoms with van der Waals surface area (Å²) >= 11 is 0. The highest BCUT2D eigenvalue weighted by Crippen LogP contribution is 2.45. The van der Waals surface area contributed by atoms with E-state index in [9.17, 15) is 20.0 Å². The van der Waals surface area contributed by atoms with Gasteiger partial charge < -0.3 is 14.9 Å². The van der Waals surface area contributed by atoms with Gasteiger partial charge >= 0.3 is 0 Å². The Morgan fingerprint density at radius 1 is 1.09 bits per heavy atom. The molecule has 0 spiro atoms. The molecular formula is C27H31N3O3. The predicted molar refractivity (Wildman–Crippen MR) is 126 cm³/mol. The summed E-state index contributed by atoms with van der Waals surface area (Å²) in [5, 5.41) is 20.2. The van der Waals surface area contributed by atoms with Crippen LogP contribution in [0.25, 0.3) is 11.1 Å². The minimum absolute atomic E-state index is 0.00704. The van der Waals surface area contributed by atoms with E-state index in [4.69, 9.17) is 0 Å². The van der Waals surface area contributed by atoms with Crippen LogP contribution in [0.2, 0.25) is 0 Å². The lowest BCUT2D eigenvalue weighted by molar-refractivity contribution is -0.152. The Morgan fingerprint density at radius 2 is 1.82 bits per heavy atom. The van der Waals surface area contributed by atoms with Gasteiger partial charge in [0.2, 0.25) is 5.91 Å². The average molecular weight is 446 g/mol. The van der Waals surface area contributed by atoms with Crippen LogP contribution in [0.5, 0.6) is 0 Å². The lowest BCUT2D eigenvalue weighted by Gasteiger charge is -2.53. The van der Waals surface area contributed by atoms with Crippen LogP contribution >= 0.6 is 0 Å². The summed E-state index contributed by atoms with van der Waals surface area (Å²) in [4.78, 5) is 28.9. The normalized spacial score (nSPS) is 22.8. The lowest BCUT2D eigenvalue weighted by Crippen LogP contribution is -2.66. The molecule has 6 nitrogen and oxygen atoms in total. The van der Waals surface area contributed by atoms with Gasteiger partial charge in [0.15, 0.2) is 0 Å². The van der Waals surface area contributed by atoms with Gasteiger partial charge in [-0.1, -0.05) is 55.7 Å². The number of aliphatic hydroxyl groups is 1. The molecule has 1 aliphatic heterocycles. The summed E-state index contributed by atoms with van der Waals surface area (Å²) in [6.07, 6.45) is 4.96. The van der Waals surface area contributed by atoms with Crippen LogP contribution in [0.15, 0.2) is 48.5 Å². The van der Waals surface area contributed by atoms with E-state index in [1.54, 1.807) is 30.0 Å². The summed E-state index contributed by atoms with van der Waals surface area (Å²) < 4.78 is 0. The molecule has 1 N–H and O–H groups in total. The first-order valence-corrected chi connectivity index (χ1v) is 11.7. The first kappa shape index (κ1) is 23.0. The number of aliphatic hydroxyl groups excluding tert-OH is 1. The van der Waals surface area contributed by atoms with Crippen LogP contribution in [0.4, 0.5) is 0 Å². The Morgan fingerprint density at radius 3 is 2.48 bits per heavy atom. The highest BCUT2D eigenvalue weighted by atomic mass is 16.3. The van der Waals surface area contributed by atoms with E-state index in [1.165, 1.54) is 0 Å². The molecule has 0 bridgehead atoms. The first-order valence-electron chi connectivity index (χ1n) is 11.7. The zero-order valence-electron chi connectivity index (χ0n) is 19.3. The van der Waals surface area contributed by atoms with Crippen LogP contribution in [0.3, 0.4) is 0 Å². The molecule has 2 fully saturated rings. The van der Waals surface area contributed by atoms with Crippen molar-refractivity contribution in [1.82, 2.24) is 9.80 Å². The molecule has 2 amide bonds. The molecule has 4 rings (SSSR count). The van der Waals surface area contributed by atoms with E-state index >= 15 is 0 Å². The number of hydrogen-bond acceptors (Lipinski definition) is 4. The van der Waals surface area contributed by atoms with E-state index in [-0.39, 0.29) is 30.3 Å². The van der Waals surface area contributed by atoms with Gasteiger partial charge in [0, 0.05) is 31.5 Å². The Bertz CT molecular complexity index is 1070. The second-order valence-electron chi connectivity index (χ2n) is 9.30. The van der Waals surface area contributed by atoms with Gasteiger partial charge in [-0.05, 0) is 41.7 Å². The molecule has 2 aromatic carbocycles. The first-order chi connectivity index (χ1) is 16.0. The standard InChI is InChI=1S/C27H31N3O3/c1-29(2)26(32)20-12-8-11-19(15-20)21-13-6-7-14-22(21)25-23(16-28)30(24(25)17-31)27(33)18-9-4-3-5-10-18/h6-8,11-15,18,23-25,31H,3-5,9-10,17H2,1-2H3/t23-,24-,25+/m1/s1.